The van der Waals surface area contributed by atoms with Crippen molar-refractivity contribution in [2.24, 2.45) is 0 Å². The van der Waals surface area contributed by atoms with Gasteiger partial charge in [-0.25, -0.2) is 0 Å². The van der Waals surface area contributed by atoms with Crippen molar-refractivity contribution in [2.75, 3.05) is 45.9 Å². The highest BCUT2D eigenvalue weighted by atomic mass is 16.5. The number of ether oxygens (including phenoxy) is 1. The molecule has 0 amide bonds. The molecule has 1 rings (SSSR count). The number of nitrogens with zero attached hydrogens (tertiary/aromatic N) is 1. The fraction of sp³-hybridized carbons (Fsp3) is 1.00. The summed E-state index contributed by atoms with van der Waals surface area (Å²) >= 11 is 0. The number of hydrogen-bond donors (Lipinski definition) is 2. The molecule has 0 aromatic rings. The second-order valence-corrected chi connectivity index (χ2v) is 12.2. The Morgan fingerprint density at radius 3 is 1.87 bits per heavy atom. The maximum Gasteiger partial charge on any atom is 0.0594 e. The average Bonchev–Trinajstić information content (AvgIpc) is 2.94. The van der Waals surface area contributed by atoms with Crippen LogP contribution in [0.15, 0.2) is 0 Å². The lowest BCUT2D eigenvalue weighted by atomic mass is 10.0. The lowest BCUT2D eigenvalue weighted by Gasteiger charge is -2.35. The first-order valence-electron chi connectivity index (χ1n) is 17.6. The van der Waals surface area contributed by atoms with Gasteiger partial charge in [0.1, 0.15) is 0 Å². The van der Waals surface area contributed by atoms with Crippen molar-refractivity contribution in [3.8, 4) is 0 Å². The van der Waals surface area contributed by atoms with E-state index in [2.05, 4.69) is 36.3 Å². The van der Waals surface area contributed by atoms with Gasteiger partial charge >= 0.3 is 0 Å². The largest absolute Gasteiger partial charge is 0.379 e. The third-order valence-corrected chi connectivity index (χ3v) is 8.60. The average molecular weight is 538 g/mol. The van der Waals surface area contributed by atoms with Gasteiger partial charge in [0, 0.05) is 31.7 Å². The maximum atomic E-state index is 6.13. The van der Waals surface area contributed by atoms with Gasteiger partial charge in [-0.2, -0.15) is 0 Å². The van der Waals surface area contributed by atoms with E-state index in [0.29, 0.717) is 12.1 Å². The Morgan fingerprint density at radius 1 is 0.658 bits per heavy atom. The summed E-state index contributed by atoms with van der Waals surface area (Å²) in [5, 5.41) is 7.63. The van der Waals surface area contributed by atoms with Crippen molar-refractivity contribution < 1.29 is 4.74 Å². The van der Waals surface area contributed by atoms with Crippen molar-refractivity contribution in [1.82, 2.24) is 15.5 Å². The third kappa shape index (κ3) is 21.6. The van der Waals surface area contributed by atoms with Crippen LogP contribution in [-0.2, 0) is 4.74 Å². The van der Waals surface area contributed by atoms with E-state index in [0.717, 1.165) is 32.8 Å². The zero-order chi connectivity index (χ0) is 27.4. The van der Waals surface area contributed by atoms with Crippen molar-refractivity contribution in [1.29, 1.82) is 0 Å². The first kappa shape index (κ1) is 35.9. The first-order valence-corrected chi connectivity index (χ1v) is 17.6. The Hall–Kier alpha value is -0.160. The molecule has 0 aromatic carbocycles. The Balaban J connectivity index is 2.16. The van der Waals surface area contributed by atoms with Crippen LogP contribution in [-0.4, -0.2) is 62.9 Å². The van der Waals surface area contributed by atoms with E-state index in [1.165, 1.54) is 154 Å². The first-order chi connectivity index (χ1) is 18.8. The summed E-state index contributed by atoms with van der Waals surface area (Å²) in [6, 6.07) is 1.40. The second-order valence-electron chi connectivity index (χ2n) is 12.2. The van der Waals surface area contributed by atoms with Crippen LogP contribution >= 0.6 is 0 Å². The fourth-order valence-corrected chi connectivity index (χ4v) is 6.02. The zero-order valence-corrected chi connectivity index (χ0v) is 26.5. The summed E-state index contributed by atoms with van der Waals surface area (Å²) in [4.78, 5) is 2.70. The van der Waals surface area contributed by atoms with Crippen LogP contribution in [0.25, 0.3) is 0 Å². The molecule has 1 fully saturated rings. The van der Waals surface area contributed by atoms with Gasteiger partial charge in [0.25, 0.3) is 0 Å². The second kappa shape index (κ2) is 28.4. The van der Waals surface area contributed by atoms with Crippen molar-refractivity contribution in [3.63, 3.8) is 0 Å². The monoisotopic (exact) mass is 538 g/mol. The summed E-state index contributed by atoms with van der Waals surface area (Å²) in [6.45, 7) is 14.4. The number of likely N-dealkylation sites (tertiary alicyclic amines) is 1. The van der Waals surface area contributed by atoms with Gasteiger partial charge in [-0.3, -0.25) is 4.90 Å². The Bertz CT molecular complexity index is 461. The van der Waals surface area contributed by atoms with Crippen LogP contribution in [0.1, 0.15) is 162 Å². The molecule has 0 saturated carbocycles. The molecule has 0 aromatic heterocycles. The van der Waals surface area contributed by atoms with Gasteiger partial charge in [-0.05, 0) is 45.2 Å². The summed E-state index contributed by atoms with van der Waals surface area (Å²) < 4.78 is 6.13. The molecule has 38 heavy (non-hydrogen) atoms. The fourth-order valence-electron chi connectivity index (χ4n) is 6.02. The molecule has 2 unspecified atom stereocenters. The Labute approximate surface area is 240 Å². The molecule has 0 radical (unpaired) electrons. The Kier molecular flexibility index (Phi) is 26.8. The molecule has 2 atom stereocenters. The molecule has 1 aliphatic rings. The lowest BCUT2D eigenvalue weighted by Crippen LogP contribution is -2.47. The van der Waals surface area contributed by atoms with Gasteiger partial charge in [0.15, 0.2) is 0 Å². The van der Waals surface area contributed by atoms with Gasteiger partial charge in [0.05, 0.1) is 13.2 Å². The van der Waals surface area contributed by atoms with E-state index in [1.807, 2.05) is 0 Å². The molecule has 4 heteroatoms. The number of nitrogens with one attached hydrogen (secondary N) is 2. The number of unbranched alkanes of at least 4 members (excludes halogenated alkanes) is 14. The van der Waals surface area contributed by atoms with E-state index in [9.17, 15) is 0 Å². The van der Waals surface area contributed by atoms with E-state index in [4.69, 9.17) is 4.74 Å². The SMILES string of the molecule is CCCCCCCCNCC1CCCCN1CCOCCNC(CCCCCCC)CCCCCCCC. The molecule has 0 bridgehead atoms. The molecule has 228 valence electrons. The minimum Gasteiger partial charge on any atom is -0.379 e. The molecule has 0 aliphatic carbocycles. The third-order valence-electron chi connectivity index (χ3n) is 8.60. The van der Waals surface area contributed by atoms with Crippen molar-refractivity contribution >= 4 is 0 Å². The standard InChI is InChI=1S/C34H71N3O/c1-4-7-10-13-16-19-24-33(23-18-15-12-9-6-3)36-27-30-38-31-29-37-28-22-20-25-34(37)32-35-26-21-17-14-11-8-5-2/h33-36H,4-32H2,1-3H3. The van der Waals surface area contributed by atoms with Crippen LogP contribution in [0.3, 0.4) is 0 Å². The molecule has 1 heterocycles. The normalized spacial score (nSPS) is 17.3. The summed E-state index contributed by atoms with van der Waals surface area (Å²) in [6.07, 6.45) is 30.4. The summed E-state index contributed by atoms with van der Waals surface area (Å²) in [7, 11) is 0. The van der Waals surface area contributed by atoms with Crippen molar-refractivity contribution in [2.45, 2.75) is 174 Å². The highest BCUT2D eigenvalue weighted by Gasteiger charge is 2.21. The predicted molar refractivity (Wildman–Crippen MR) is 169 cm³/mol. The zero-order valence-electron chi connectivity index (χ0n) is 26.5. The van der Waals surface area contributed by atoms with Crippen LogP contribution in [0.2, 0.25) is 0 Å². The molecule has 2 N–H and O–H groups in total. The van der Waals surface area contributed by atoms with Crippen LogP contribution in [0, 0.1) is 0 Å². The molecular weight excluding hydrogens is 466 g/mol. The number of hydrogen-bond acceptors (Lipinski definition) is 4. The quantitative estimate of drug-likeness (QED) is 0.0934. The molecule has 4 nitrogen and oxygen atoms in total. The number of piperidine rings is 1. The van der Waals surface area contributed by atoms with Gasteiger partial charge in [-0.1, -0.05) is 130 Å². The van der Waals surface area contributed by atoms with Crippen LogP contribution < -0.4 is 10.6 Å². The summed E-state index contributed by atoms with van der Waals surface area (Å²) in [5.74, 6) is 0. The van der Waals surface area contributed by atoms with Crippen LogP contribution in [0.5, 0.6) is 0 Å². The lowest BCUT2D eigenvalue weighted by molar-refractivity contribution is 0.0715. The highest BCUT2D eigenvalue weighted by Crippen LogP contribution is 2.17. The van der Waals surface area contributed by atoms with Crippen molar-refractivity contribution in [3.05, 3.63) is 0 Å². The topological polar surface area (TPSA) is 36.5 Å². The highest BCUT2D eigenvalue weighted by molar-refractivity contribution is 4.78. The minimum absolute atomic E-state index is 0.690. The Morgan fingerprint density at radius 2 is 1.24 bits per heavy atom. The summed E-state index contributed by atoms with van der Waals surface area (Å²) in [5.41, 5.74) is 0. The van der Waals surface area contributed by atoms with Gasteiger partial charge in [0.2, 0.25) is 0 Å². The smallest absolute Gasteiger partial charge is 0.0594 e. The minimum atomic E-state index is 0.690. The van der Waals surface area contributed by atoms with Gasteiger partial charge < -0.3 is 15.4 Å². The number of rotatable bonds is 29. The van der Waals surface area contributed by atoms with E-state index in [1.54, 1.807) is 0 Å². The molecule has 1 saturated heterocycles. The predicted octanol–water partition coefficient (Wildman–Crippen LogP) is 8.88. The van der Waals surface area contributed by atoms with E-state index >= 15 is 0 Å². The van der Waals surface area contributed by atoms with Crippen LogP contribution in [0.4, 0.5) is 0 Å². The van der Waals surface area contributed by atoms with E-state index < -0.39 is 0 Å². The van der Waals surface area contributed by atoms with E-state index in [-0.39, 0.29) is 0 Å². The molecular formula is C34H71N3O. The van der Waals surface area contributed by atoms with Gasteiger partial charge in [-0.15, -0.1) is 0 Å². The maximum absolute atomic E-state index is 6.13. The molecule has 0 spiro atoms. The molecule has 1 aliphatic heterocycles.